The Bertz CT molecular complexity index is 759. The number of hydrogen-bond donors (Lipinski definition) is 2. The van der Waals surface area contributed by atoms with Crippen LogP contribution in [0.2, 0.25) is 0 Å². The molecule has 23 heavy (non-hydrogen) atoms. The smallest absolute Gasteiger partial charge is 0.328 e. The van der Waals surface area contributed by atoms with Crippen molar-refractivity contribution in [2.45, 2.75) is 19.8 Å². The van der Waals surface area contributed by atoms with Crippen LogP contribution in [0.15, 0.2) is 23.1 Å². The molecule has 1 fully saturated rings. The highest BCUT2D eigenvalue weighted by atomic mass is 35.5. The van der Waals surface area contributed by atoms with E-state index in [9.17, 15) is 9.59 Å². The number of carbonyl (C=O) groups is 1. The van der Waals surface area contributed by atoms with Crippen molar-refractivity contribution in [3.63, 3.8) is 0 Å². The second-order valence-electron chi connectivity index (χ2n) is 6.02. The minimum atomic E-state index is -0.343. The van der Waals surface area contributed by atoms with E-state index >= 15 is 0 Å². The van der Waals surface area contributed by atoms with Gasteiger partial charge in [0.05, 0.1) is 0 Å². The van der Waals surface area contributed by atoms with E-state index in [0.29, 0.717) is 18.0 Å². The van der Waals surface area contributed by atoms with Crippen LogP contribution in [0.25, 0.3) is 10.9 Å². The van der Waals surface area contributed by atoms with E-state index in [0.717, 1.165) is 37.0 Å². The number of hydrogen-bond acceptors (Lipinski definition) is 3. The summed E-state index contributed by atoms with van der Waals surface area (Å²) in [6, 6.07) is 3.42. The lowest BCUT2D eigenvalue weighted by Gasteiger charge is -2.22. The lowest BCUT2D eigenvalue weighted by molar-refractivity contribution is 0.237. The van der Waals surface area contributed by atoms with Crippen LogP contribution in [-0.2, 0) is 7.05 Å². The molecule has 2 aromatic rings. The predicted molar refractivity (Wildman–Crippen MR) is 93.6 cm³/mol. The van der Waals surface area contributed by atoms with E-state index in [4.69, 9.17) is 0 Å². The molecule has 0 atom stereocenters. The molecule has 0 aromatic carbocycles. The summed E-state index contributed by atoms with van der Waals surface area (Å²) in [5, 5.41) is 7.06. The number of halogens is 1. The molecule has 1 aliphatic heterocycles. The number of pyridine rings is 1. The largest absolute Gasteiger partial charge is 0.343 e. The fourth-order valence-electron chi connectivity index (χ4n) is 3.05. The van der Waals surface area contributed by atoms with Crippen molar-refractivity contribution < 1.29 is 4.79 Å². The molecule has 0 unspecified atom stereocenters. The SMILES string of the molecule is Cc1cc2ccn(C(=O)NCC3CCNCC3)c(=O)c2n1C.Cl. The molecular formula is C16H23ClN4O2. The third kappa shape index (κ3) is 3.43. The number of piperidine rings is 1. The molecule has 2 aromatic heterocycles. The molecule has 3 rings (SSSR count). The number of carbonyl (C=O) groups excluding carboxylic acids is 1. The number of aryl methyl sites for hydroxylation is 2. The molecule has 0 aliphatic carbocycles. The summed E-state index contributed by atoms with van der Waals surface area (Å²) in [6.45, 7) is 4.56. The Morgan fingerprint density at radius 1 is 1.39 bits per heavy atom. The van der Waals surface area contributed by atoms with E-state index in [2.05, 4.69) is 10.6 Å². The van der Waals surface area contributed by atoms with Gasteiger partial charge in [-0.2, -0.15) is 0 Å². The van der Waals surface area contributed by atoms with E-state index in [-0.39, 0.29) is 24.0 Å². The number of nitrogens with one attached hydrogen (secondary N) is 2. The van der Waals surface area contributed by atoms with Gasteiger partial charge in [0, 0.05) is 30.9 Å². The Balaban J connectivity index is 0.00000192. The Kier molecular flexibility index (Phi) is 5.49. The Morgan fingerprint density at radius 3 is 2.78 bits per heavy atom. The number of rotatable bonds is 2. The third-order valence-electron chi connectivity index (χ3n) is 4.55. The van der Waals surface area contributed by atoms with Gasteiger partial charge in [-0.1, -0.05) is 0 Å². The van der Waals surface area contributed by atoms with Crippen molar-refractivity contribution in [1.82, 2.24) is 19.8 Å². The highest BCUT2D eigenvalue weighted by molar-refractivity contribution is 5.85. The van der Waals surface area contributed by atoms with Crippen molar-refractivity contribution in [3.8, 4) is 0 Å². The van der Waals surface area contributed by atoms with Crippen molar-refractivity contribution in [3.05, 3.63) is 34.4 Å². The molecular weight excluding hydrogens is 316 g/mol. The summed E-state index contributed by atoms with van der Waals surface area (Å²) in [7, 11) is 1.84. The van der Waals surface area contributed by atoms with Crippen LogP contribution in [-0.4, -0.2) is 34.8 Å². The average Bonchev–Trinajstić information content (AvgIpc) is 2.82. The molecule has 3 heterocycles. The van der Waals surface area contributed by atoms with Crippen molar-refractivity contribution in [2.75, 3.05) is 19.6 Å². The zero-order chi connectivity index (χ0) is 15.7. The highest BCUT2D eigenvalue weighted by Crippen LogP contribution is 2.14. The first-order valence-electron chi connectivity index (χ1n) is 7.74. The fraction of sp³-hybridized carbons (Fsp3) is 0.500. The van der Waals surface area contributed by atoms with Crippen LogP contribution in [0.5, 0.6) is 0 Å². The monoisotopic (exact) mass is 338 g/mol. The van der Waals surface area contributed by atoms with Gasteiger partial charge in [0.1, 0.15) is 5.52 Å². The zero-order valence-corrected chi connectivity index (χ0v) is 14.3. The normalized spacial score (nSPS) is 15.4. The quantitative estimate of drug-likeness (QED) is 0.874. The molecule has 0 radical (unpaired) electrons. The molecule has 0 spiro atoms. The molecule has 0 saturated carbocycles. The summed E-state index contributed by atoms with van der Waals surface area (Å²) in [4.78, 5) is 24.8. The summed E-state index contributed by atoms with van der Waals surface area (Å²) < 4.78 is 3.00. The van der Waals surface area contributed by atoms with Gasteiger partial charge in [-0.05, 0) is 50.9 Å². The predicted octanol–water partition coefficient (Wildman–Crippen LogP) is 1.63. The van der Waals surface area contributed by atoms with Crippen LogP contribution in [0, 0.1) is 12.8 Å². The van der Waals surface area contributed by atoms with Gasteiger partial charge in [-0.15, -0.1) is 12.4 Å². The van der Waals surface area contributed by atoms with Crippen LogP contribution < -0.4 is 16.2 Å². The van der Waals surface area contributed by atoms with Crippen LogP contribution in [0.3, 0.4) is 0 Å². The zero-order valence-electron chi connectivity index (χ0n) is 13.5. The van der Waals surface area contributed by atoms with E-state index in [1.165, 1.54) is 4.57 Å². The maximum Gasteiger partial charge on any atom is 0.328 e. The minimum Gasteiger partial charge on any atom is -0.343 e. The van der Waals surface area contributed by atoms with Crippen molar-refractivity contribution in [2.24, 2.45) is 13.0 Å². The van der Waals surface area contributed by atoms with Crippen LogP contribution in [0.4, 0.5) is 4.79 Å². The van der Waals surface area contributed by atoms with Crippen LogP contribution >= 0.6 is 12.4 Å². The van der Waals surface area contributed by atoms with Gasteiger partial charge in [0.2, 0.25) is 0 Å². The van der Waals surface area contributed by atoms with Crippen LogP contribution in [0.1, 0.15) is 18.5 Å². The average molecular weight is 339 g/mol. The Labute approximate surface area is 141 Å². The van der Waals surface area contributed by atoms with Gasteiger partial charge in [0.25, 0.3) is 5.56 Å². The second-order valence-corrected chi connectivity index (χ2v) is 6.02. The Hall–Kier alpha value is -1.79. The number of nitrogens with zero attached hydrogens (tertiary/aromatic N) is 2. The van der Waals surface area contributed by atoms with Gasteiger partial charge in [-0.25, -0.2) is 9.36 Å². The topological polar surface area (TPSA) is 68.1 Å². The molecule has 126 valence electrons. The highest BCUT2D eigenvalue weighted by Gasteiger charge is 2.16. The fourth-order valence-corrected chi connectivity index (χ4v) is 3.05. The Morgan fingerprint density at radius 2 is 2.09 bits per heavy atom. The second kappa shape index (κ2) is 7.19. The molecule has 6 nitrogen and oxygen atoms in total. The number of amides is 1. The van der Waals surface area contributed by atoms with E-state index in [1.54, 1.807) is 6.20 Å². The molecule has 2 N–H and O–H groups in total. The lowest BCUT2D eigenvalue weighted by Crippen LogP contribution is -2.40. The van der Waals surface area contributed by atoms with Crippen molar-refractivity contribution in [1.29, 1.82) is 0 Å². The van der Waals surface area contributed by atoms with Gasteiger partial charge in [-0.3, -0.25) is 4.79 Å². The maximum atomic E-state index is 12.5. The first-order chi connectivity index (χ1) is 10.6. The van der Waals surface area contributed by atoms with Gasteiger partial charge >= 0.3 is 6.03 Å². The van der Waals surface area contributed by atoms with E-state index < -0.39 is 0 Å². The first kappa shape index (κ1) is 17.6. The molecule has 1 saturated heterocycles. The molecule has 7 heteroatoms. The van der Waals surface area contributed by atoms with Gasteiger partial charge in [0.15, 0.2) is 0 Å². The first-order valence-corrected chi connectivity index (χ1v) is 7.74. The molecule has 1 amide bonds. The summed E-state index contributed by atoms with van der Waals surface area (Å²) >= 11 is 0. The minimum absolute atomic E-state index is 0. The van der Waals surface area contributed by atoms with Gasteiger partial charge < -0.3 is 15.2 Å². The molecule has 1 aliphatic rings. The third-order valence-corrected chi connectivity index (χ3v) is 4.55. The number of aromatic nitrogens is 2. The summed E-state index contributed by atoms with van der Waals surface area (Å²) in [6.07, 6.45) is 3.68. The number of fused-ring (bicyclic) bond motifs is 1. The standard InChI is InChI=1S/C16H22N4O2.ClH/c1-11-9-13-5-8-20(15(21)14(13)19(11)2)16(22)18-10-12-3-6-17-7-4-12;/h5,8-9,12,17H,3-4,6-7,10H2,1-2H3,(H,18,22);1H. The van der Waals surface area contributed by atoms with E-state index in [1.807, 2.05) is 30.7 Å². The summed E-state index contributed by atoms with van der Waals surface area (Å²) in [5.74, 6) is 0.488. The summed E-state index contributed by atoms with van der Waals surface area (Å²) in [5.41, 5.74) is 1.30. The lowest BCUT2D eigenvalue weighted by atomic mass is 9.98. The maximum absolute atomic E-state index is 12.5. The van der Waals surface area contributed by atoms with Crippen molar-refractivity contribution >= 4 is 29.3 Å². The molecule has 0 bridgehead atoms.